The van der Waals surface area contributed by atoms with Gasteiger partial charge in [0.15, 0.2) is 5.17 Å². The molecule has 2 amide bonds. The first kappa shape index (κ1) is 23.1. The van der Waals surface area contributed by atoms with Crippen LogP contribution in [-0.2, 0) is 9.59 Å². The number of nitrogens with zero attached hydrogens (tertiary/aromatic N) is 2. The summed E-state index contributed by atoms with van der Waals surface area (Å²) in [6, 6.07) is 12.1. The Balaban J connectivity index is 1.78. The zero-order chi connectivity index (χ0) is 22.5. The van der Waals surface area contributed by atoms with E-state index in [0.29, 0.717) is 11.7 Å². The molecule has 1 saturated heterocycles. The SMILES string of the molecule is CCCCN1C(=O)C(CC(=O)Nc2cc(C)ccc2C)SC1=Nc1ccc(C)cc1C. The number of amidine groups is 1. The second kappa shape index (κ2) is 10.1. The van der Waals surface area contributed by atoms with Gasteiger partial charge in [0, 0.05) is 18.7 Å². The van der Waals surface area contributed by atoms with Crippen LogP contribution in [0.1, 0.15) is 48.4 Å². The molecule has 1 unspecified atom stereocenters. The summed E-state index contributed by atoms with van der Waals surface area (Å²) in [6.07, 6.45) is 2.02. The second-order valence-corrected chi connectivity index (χ2v) is 9.37. The Kier molecular flexibility index (Phi) is 7.55. The van der Waals surface area contributed by atoms with Crippen molar-refractivity contribution in [2.75, 3.05) is 11.9 Å². The molecule has 2 aromatic rings. The summed E-state index contributed by atoms with van der Waals surface area (Å²) < 4.78 is 0. The van der Waals surface area contributed by atoms with Gasteiger partial charge in [-0.3, -0.25) is 14.5 Å². The van der Waals surface area contributed by atoms with Gasteiger partial charge in [-0.05, 0) is 62.9 Å². The van der Waals surface area contributed by atoms with Crippen LogP contribution in [-0.4, -0.2) is 33.7 Å². The van der Waals surface area contributed by atoms with E-state index in [1.807, 2.05) is 51.1 Å². The number of hydrogen-bond donors (Lipinski definition) is 1. The summed E-state index contributed by atoms with van der Waals surface area (Å²) in [7, 11) is 0. The van der Waals surface area contributed by atoms with Gasteiger partial charge in [-0.2, -0.15) is 0 Å². The molecule has 0 spiro atoms. The minimum atomic E-state index is -0.452. The van der Waals surface area contributed by atoms with Crippen LogP contribution < -0.4 is 5.32 Å². The smallest absolute Gasteiger partial charge is 0.242 e. The molecule has 0 saturated carbocycles. The van der Waals surface area contributed by atoms with Gasteiger partial charge in [0.1, 0.15) is 5.25 Å². The van der Waals surface area contributed by atoms with Crippen molar-refractivity contribution in [1.82, 2.24) is 4.90 Å². The zero-order valence-electron chi connectivity index (χ0n) is 19.0. The average Bonchev–Trinajstić information content (AvgIpc) is 2.99. The van der Waals surface area contributed by atoms with Gasteiger partial charge in [0.2, 0.25) is 11.8 Å². The number of rotatable bonds is 7. The van der Waals surface area contributed by atoms with Crippen LogP contribution in [0.25, 0.3) is 0 Å². The van der Waals surface area contributed by atoms with E-state index in [2.05, 4.69) is 25.2 Å². The Morgan fingerprint density at radius 1 is 1.06 bits per heavy atom. The van der Waals surface area contributed by atoms with Crippen molar-refractivity contribution in [3.63, 3.8) is 0 Å². The number of aliphatic imine (C=N–C) groups is 1. The predicted octanol–water partition coefficient (Wildman–Crippen LogP) is 5.68. The Labute approximate surface area is 189 Å². The number of carbonyl (C=O) groups excluding carboxylic acids is 2. The molecule has 1 atom stereocenters. The summed E-state index contributed by atoms with van der Waals surface area (Å²) in [5, 5.41) is 3.21. The second-order valence-electron chi connectivity index (χ2n) is 8.20. The molecule has 0 radical (unpaired) electrons. The van der Waals surface area contributed by atoms with Gasteiger partial charge in [0.05, 0.1) is 5.69 Å². The standard InChI is InChI=1S/C25H31N3O2S/c1-6-7-12-28-24(30)22(15-23(29)26-21-14-17(3)8-10-18(21)4)31-25(28)27-20-11-9-16(2)13-19(20)5/h8-11,13-14,22H,6-7,12,15H2,1-5H3,(H,26,29). The number of aryl methyl sites for hydroxylation is 4. The normalized spacial score (nSPS) is 17.5. The highest BCUT2D eigenvalue weighted by atomic mass is 32.2. The van der Waals surface area contributed by atoms with E-state index < -0.39 is 5.25 Å². The molecule has 1 heterocycles. The van der Waals surface area contributed by atoms with E-state index in [9.17, 15) is 9.59 Å². The van der Waals surface area contributed by atoms with Crippen LogP contribution in [0, 0.1) is 27.7 Å². The third kappa shape index (κ3) is 5.76. The van der Waals surface area contributed by atoms with Crippen molar-refractivity contribution in [1.29, 1.82) is 0 Å². The molecular formula is C25H31N3O2S. The highest BCUT2D eigenvalue weighted by Crippen LogP contribution is 2.33. The van der Waals surface area contributed by atoms with Gasteiger partial charge in [-0.1, -0.05) is 54.9 Å². The predicted molar refractivity (Wildman–Crippen MR) is 130 cm³/mol. The van der Waals surface area contributed by atoms with Crippen molar-refractivity contribution >= 4 is 40.1 Å². The van der Waals surface area contributed by atoms with Crippen molar-refractivity contribution in [3.8, 4) is 0 Å². The van der Waals surface area contributed by atoms with Crippen LogP contribution in [0.4, 0.5) is 11.4 Å². The average molecular weight is 438 g/mol. The fraction of sp³-hybridized carbons (Fsp3) is 0.400. The number of carbonyl (C=O) groups is 2. The van der Waals surface area contributed by atoms with Gasteiger partial charge in [0.25, 0.3) is 0 Å². The molecule has 2 aromatic carbocycles. The molecule has 1 aliphatic heterocycles. The van der Waals surface area contributed by atoms with E-state index in [1.165, 1.54) is 17.3 Å². The minimum Gasteiger partial charge on any atom is -0.326 e. The Morgan fingerprint density at radius 3 is 2.48 bits per heavy atom. The monoisotopic (exact) mass is 437 g/mol. The fourth-order valence-electron chi connectivity index (χ4n) is 3.52. The van der Waals surface area contributed by atoms with Crippen LogP contribution in [0.5, 0.6) is 0 Å². The zero-order valence-corrected chi connectivity index (χ0v) is 19.8. The summed E-state index contributed by atoms with van der Waals surface area (Å²) in [4.78, 5) is 32.4. The van der Waals surface area contributed by atoms with Gasteiger partial charge >= 0.3 is 0 Å². The van der Waals surface area contributed by atoms with Gasteiger partial charge < -0.3 is 5.32 Å². The number of unbranched alkanes of at least 4 members (excludes halogenated alkanes) is 1. The maximum absolute atomic E-state index is 13.1. The van der Waals surface area contributed by atoms with Crippen molar-refractivity contribution in [2.24, 2.45) is 4.99 Å². The first-order valence-corrected chi connectivity index (χ1v) is 11.7. The molecule has 0 aromatic heterocycles. The van der Waals surface area contributed by atoms with Crippen molar-refractivity contribution in [2.45, 2.75) is 59.1 Å². The van der Waals surface area contributed by atoms with E-state index >= 15 is 0 Å². The number of hydrogen-bond acceptors (Lipinski definition) is 4. The first-order chi connectivity index (χ1) is 14.8. The Bertz CT molecular complexity index is 1020. The largest absolute Gasteiger partial charge is 0.326 e. The summed E-state index contributed by atoms with van der Waals surface area (Å²) in [6.45, 7) is 10.8. The van der Waals surface area contributed by atoms with E-state index in [0.717, 1.165) is 40.9 Å². The van der Waals surface area contributed by atoms with E-state index in [4.69, 9.17) is 4.99 Å². The third-order valence-corrected chi connectivity index (χ3v) is 6.54. The lowest BCUT2D eigenvalue weighted by Crippen LogP contribution is -2.34. The maximum Gasteiger partial charge on any atom is 0.242 e. The minimum absolute atomic E-state index is 0.0296. The summed E-state index contributed by atoms with van der Waals surface area (Å²) in [5.74, 6) is -0.180. The highest BCUT2D eigenvalue weighted by Gasteiger charge is 2.38. The fourth-order valence-corrected chi connectivity index (χ4v) is 4.70. The number of nitrogens with one attached hydrogen (secondary N) is 1. The Hall–Kier alpha value is -2.60. The first-order valence-electron chi connectivity index (χ1n) is 10.8. The molecule has 31 heavy (non-hydrogen) atoms. The highest BCUT2D eigenvalue weighted by molar-refractivity contribution is 8.15. The van der Waals surface area contributed by atoms with Crippen LogP contribution >= 0.6 is 11.8 Å². The molecule has 0 aliphatic carbocycles. The maximum atomic E-state index is 13.1. The lowest BCUT2D eigenvalue weighted by Gasteiger charge is -2.16. The number of benzene rings is 2. The molecule has 1 N–H and O–H groups in total. The topological polar surface area (TPSA) is 61.8 Å². The molecule has 1 aliphatic rings. The molecular weight excluding hydrogens is 406 g/mol. The third-order valence-electron chi connectivity index (χ3n) is 5.36. The number of amides is 2. The van der Waals surface area contributed by atoms with Crippen LogP contribution in [0.2, 0.25) is 0 Å². The number of anilines is 1. The summed E-state index contributed by atoms with van der Waals surface area (Å²) in [5.41, 5.74) is 6.01. The van der Waals surface area contributed by atoms with Crippen molar-refractivity contribution in [3.05, 3.63) is 58.7 Å². The Morgan fingerprint density at radius 2 is 1.77 bits per heavy atom. The van der Waals surface area contributed by atoms with E-state index in [1.54, 1.807) is 4.90 Å². The van der Waals surface area contributed by atoms with Crippen LogP contribution in [0.15, 0.2) is 41.4 Å². The molecule has 164 valence electrons. The van der Waals surface area contributed by atoms with E-state index in [-0.39, 0.29) is 18.2 Å². The molecule has 6 heteroatoms. The molecule has 5 nitrogen and oxygen atoms in total. The van der Waals surface area contributed by atoms with Crippen LogP contribution in [0.3, 0.4) is 0 Å². The van der Waals surface area contributed by atoms with Gasteiger partial charge in [-0.15, -0.1) is 0 Å². The van der Waals surface area contributed by atoms with Crippen molar-refractivity contribution < 1.29 is 9.59 Å². The lowest BCUT2D eigenvalue weighted by molar-refractivity contribution is -0.128. The molecule has 1 fully saturated rings. The molecule has 0 bridgehead atoms. The molecule has 3 rings (SSSR count). The van der Waals surface area contributed by atoms with Gasteiger partial charge in [-0.25, -0.2) is 4.99 Å². The summed E-state index contributed by atoms with van der Waals surface area (Å²) >= 11 is 1.40. The lowest BCUT2D eigenvalue weighted by atomic mass is 10.1. The number of thioether (sulfide) groups is 1. The quantitative estimate of drug-likeness (QED) is 0.606.